The summed E-state index contributed by atoms with van der Waals surface area (Å²) in [7, 11) is 1.61. The highest BCUT2D eigenvalue weighted by molar-refractivity contribution is 7.09. The summed E-state index contributed by atoms with van der Waals surface area (Å²) in [6, 6.07) is 23.1. The monoisotopic (exact) mass is 619 g/mol. The average molecular weight is 620 g/mol. The molecule has 0 radical (unpaired) electrons. The SMILES string of the molecule is CCc1nc(C=Cc2cn(-c3ccccc3)nc2OCc2ccc(OCc3nc(-c4cccc(N)c4)oc3C)c(OC)c2)cs1. The minimum Gasteiger partial charge on any atom is -0.493 e. The molecule has 228 valence electrons. The highest BCUT2D eigenvalue weighted by Gasteiger charge is 2.15. The summed E-state index contributed by atoms with van der Waals surface area (Å²) < 4.78 is 25.7. The number of thiazole rings is 1. The quantitative estimate of drug-likeness (QED) is 0.138. The van der Waals surface area contributed by atoms with E-state index in [1.807, 2.05) is 103 Å². The van der Waals surface area contributed by atoms with Crippen LogP contribution in [-0.4, -0.2) is 26.9 Å². The Labute approximate surface area is 265 Å². The predicted molar refractivity (Wildman–Crippen MR) is 177 cm³/mol. The predicted octanol–water partition coefficient (Wildman–Crippen LogP) is 7.77. The van der Waals surface area contributed by atoms with E-state index in [1.165, 1.54) is 0 Å². The molecule has 3 aromatic heterocycles. The number of aromatic nitrogens is 4. The van der Waals surface area contributed by atoms with Crippen LogP contribution in [0.4, 0.5) is 5.69 Å². The molecule has 0 aliphatic carbocycles. The number of hydrogen-bond acceptors (Lipinski definition) is 9. The molecule has 45 heavy (non-hydrogen) atoms. The number of aryl methyl sites for hydroxylation is 2. The van der Waals surface area contributed by atoms with Crippen LogP contribution in [0.15, 0.2) is 88.8 Å². The van der Waals surface area contributed by atoms with Gasteiger partial charge in [0.2, 0.25) is 11.8 Å². The zero-order chi connectivity index (χ0) is 31.2. The lowest BCUT2D eigenvalue weighted by Gasteiger charge is -2.12. The molecule has 2 N–H and O–H groups in total. The molecule has 0 spiro atoms. The van der Waals surface area contributed by atoms with Gasteiger partial charge in [-0.15, -0.1) is 16.4 Å². The summed E-state index contributed by atoms with van der Waals surface area (Å²) in [6.07, 6.45) is 6.84. The van der Waals surface area contributed by atoms with E-state index in [4.69, 9.17) is 29.5 Å². The maximum Gasteiger partial charge on any atom is 0.240 e. The van der Waals surface area contributed by atoms with Crippen molar-refractivity contribution in [2.24, 2.45) is 0 Å². The lowest BCUT2D eigenvalue weighted by atomic mass is 10.2. The Hall–Kier alpha value is -5.35. The van der Waals surface area contributed by atoms with Crippen molar-refractivity contribution in [3.63, 3.8) is 0 Å². The van der Waals surface area contributed by atoms with Gasteiger partial charge in [-0.05, 0) is 73.5 Å². The lowest BCUT2D eigenvalue weighted by molar-refractivity contribution is 0.275. The van der Waals surface area contributed by atoms with Crippen molar-refractivity contribution in [3.05, 3.63) is 118 Å². The number of nitrogens with two attached hydrogens (primary N) is 1. The topological polar surface area (TPSA) is 110 Å². The summed E-state index contributed by atoms with van der Waals surface area (Å²) in [5, 5.41) is 7.89. The number of methoxy groups -OCH3 is 1. The highest BCUT2D eigenvalue weighted by atomic mass is 32.1. The summed E-state index contributed by atoms with van der Waals surface area (Å²) in [5.74, 6) is 2.85. The van der Waals surface area contributed by atoms with Gasteiger partial charge in [0.05, 0.1) is 29.1 Å². The van der Waals surface area contributed by atoms with E-state index >= 15 is 0 Å². The number of ether oxygens (including phenoxy) is 3. The molecule has 3 heterocycles. The number of benzene rings is 3. The fourth-order valence-corrected chi connectivity index (χ4v) is 5.34. The van der Waals surface area contributed by atoms with Gasteiger partial charge in [-0.25, -0.2) is 14.6 Å². The molecule has 0 unspecified atom stereocenters. The van der Waals surface area contributed by atoms with Crippen LogP contribution in [0.2, 0.25) is 0 Å². The molecule has 0 atom stereocenters. The average Bonchev–Trinajstić information content (AvgIpc) is 3.80. The number of oxazole rings is 1. The van der Waals surface area contributed by atoms with E-state index in [2.05, 4.69) is 22.3 Å². The normalized spacial score (nSPS) is 11.3. The van der Waals surface area contributed by atoms with Gasteiger partial charge in [0.15, 0.2) is 11.5 Å². The molecule has 0 bridgehead atoms. The molecule has 0 fully saturated rings. The van der Waals surface area contributed by atoms with Crippen molar-refractivity contribution >= 4 is 29.2 Å². The van der Waals surface area contributed by atoms with Crippen LogP contribution in [-0.2, 0) is 19.6 Å². The Morgan fingerprint density at radius 1 is 0.933 bits per heavy atom. The number of nitrogens with zero attached hydrogens (tertiary/aromatic N) is 4. The van der Waals surface area contributed by atoms with E-state index in [9.17, 15) is 0 Å². The van der Waals surface area contributed by atoms with Crippen LogP contribution < -0.4 is 19.9 Å². The molecular formula is C35H33N5O4S. The van der Waals surface area contributed by atoms with Gasteiger partial charge in [-0.3, -0.25) is 0 Å². The van der Waals surface area contributed by atoms with E-state index < -0.39 is 0 Å². The molecule has 0 saturated carbocycles. The highest BCUT2D eigenvalue weighted by Crippen LogP contribution is 2.31. The third-order valence-corrected chi connectivity index (χ3v) is 8.04. The largest absolute Gasteiger partial charge is 0.493 e. The summed E-state index contributed by atoms with van der Waals surface area (Å²) in [6.45, 7) is 4.47. The Morgan fingerprint density at radius 2 is 1.80 bits per heavy atom. The number of rotatable bonds is 12. The second kappa shape index (κ2) is 13.5. The second-order valence-corrected chi connectivity index (χ2v) is 11.2. The third kappa shape index (κ3) is 7.08. The van der Waals surface area contributed by atoms with Crippen molar-refractivity contribution < 1.29 is 18.6 Å². The van der Waals surface area contributed by atoms with Gasteiger partial charge < -0.3 is 24.4 Å². The minimum atomic E-state index is 0.217. The Kier molecular flexibility index (Phi) is 8.93. The van der Waals surface area contributed by atoms with Gasteiger partial charge in [0.25, 0.3) is 0 Å². The molecule has 0 aliphatic rings. The maximum absolute atomic E-state index is 6.25. The standard InChI is InChI=1S/C35H33N5O4S/c1-4-33-37-28(22-45-33)15-14-26-19-40(29-11-6-5-7-12-29)39-35(26)43-20-24-13-16-31(32(17-24)41-3)42-21-30-23(2)44-34(38-30)25-9-8-10-27(36)18-25/h5-19,22H,4,20-21,36H2,1-3H3. The smallest absolute Gasteiger partial charge is 0.240 e. The third-order valence-electron chi connectivity index (χ3n) is 7.03. The molecule has 6 rings (SSSR count). The van der Waals surface area contributed by atoms with Gasteiger partial charge in [-0.2, -0.15) is 0 Å². The van der Waals surface area contributed by atoms with Crippen LogP contribution in [0.3, 0.4) is 0 Å². The van der Waals surface area contributed by atoms with Crippen molar-refractivity contribution in [3.8, 4) is 34.5 Å². The number of para-hydroxylation sites is 1. The zero-order valence-electron chi connectivity index (χ0n) is 25.3. The van der Waals surface area contributed by atoms with E-state index in [1.54, 1.807) is 18.4 Å². The summed E-state index contributed by atoms with van der Waals surface area (Å²) >= 11 is 1.66. The molecule has 6 aromatic rings. The van der Waals surface area contributed by atoms with Crippen LogP contribution in [0.1, 0.15) is 40.2 Å². The van der Waals surface area contributed by atoms with Crippen molar-refractivity contribution in [1.82, 2.24) is 19.7 Å². The lowest BCUT2D eigenvalue weighted by Crippen LogP contribution is -2.02. The van der Waals surface area contributed by atoms with E-state index in [-0.39, 0.29) is 13.2 Å². The number of nitrogen functional groups attached to an aromatic ring is 1. The molecule has 0 saturated heterocycles. The first-order valence-electron chi connectivity index (χ1n) is 14.5. The van der Waals surface area contributed by atoms with Gasteiger partial charge in [-0.1, -0.05) is 37.3 Å². The number of hydrogen-bond donors (Lipinski definition) is 1. The summed E-state index contributed by atoms with van der Waals surface area (Å²) in [4.78, 5) is 9.26. The Balaban J connectivity index is 1.16. The first kappa shape index (κ1) is 29.7. The zero-order valence-corrected chi connectivity index (χ0v) is 26.1. The van der Waals surface area contributed by atoms with Crippen LogP contribution in [0.25, 0.3) is 29.3 Å². The van der Waals surface area contributed by atoms with E-state index in [0.717, 1.165) is 39.5 Å². The number of anilines is 1. The fourth-order valence-electron chi connectivity index (χ4n) is 4.63. The Bertz CT molecular complexity index is 1930. The van der Waals surface area contributed by atoms with Gasteiger partial charge in [0, 0.05) is 22.8 Å². The second-order valence-electron chi connectivity index (χ2n) is 10.2. The van der Waals surface area contributed by atoms with Crippen LogP contribution in [0, 0.1) is 6.92 Å². The minimum absolute atomic E-state index is 0.217. The molecular weight excluding hydrogens is 586 g/mol. The Morgan fingerprint density at radius 3 is 2.58 bits per heavy atom. The molecule has 0 amide bonds. The van der Waals surface area contributed by atoms with Crippen LogP contribution >= 0.6 is 11.3 Å². The molecule has 9 nitrogen and oxygen atoms in total. The van der Waals surface area contributed by atoms with Crippen LogP contribution in [0.5, 0.6) is 17.4 Å². The van der Waals surface area contributed by atoms with Crippen molar-refractivity contribution in [1.29, 1.82) is 0 Å². The summed E-state index contributed by atoms with van der Waals surface area (Å²) in [5.41, 5.74) is 11.7. The van der Waals surface area contributed by atoms with Gasteiger partial charge in [0.1, 0.15) is 24.7 Å². The fraction of sp³-hybridized carbons (Fsp3) is 0.171. The van der Waals surface area contributed by atoms with Crippen molar-refractivity contribution in [2.75, 3.05) is 12.8 Å². The first-order valence-corrected chi connectivity index (χ1v) is 15.4. The molecule has 10 heteroatoms. The van der Waals surface area contributed by atoms with Gasteiger partial charge >= 0.3 is 0 Å². The maximum atomic E-state index is 6.25. The van der Waals surface area contributed by atoms with E-state index in [0.29, 0.717) is 40.4 Å². The molecule has 3 aromatic carbocycles. The molecule has 0 aliphatic heterocycles. The first-order chi connectivity index (χ1) is 22.0. The van der Waals surface area contributed by atoms with Crippen molar-refractivity contribution in [2.45, 2.75) is 33.5 Å².